The lowest BCUT2D eigenvalue weighted by atomic mass is 9.76. The highest BCUT2D eigenvalue weighted by Gasteiger charge is 2.52. The van der Waals surface area contributed by atoms with Gasteiger partial charge in [0.05, 0.1) is 11.2 Å². The number of benzene rings is 4. The Morgan fingerprint density at radius 2 is 1.11 bits per heavy atom. The third-order valence-electron chi connectivity index (χ3n) is 8.79. The Kier molecular flexibility index (Phi) is 5.64. The monoisotopic (exact) mass is 501 g/mol. The van der Waals surface area contributed by atoms with Crippen LogP contribution < -0.4 is 5.46 Å². The Balaban J connectivity index is 1.65. The Hall–Kier alpha value is -3.34. The van der Waals surface area contributed by atoms with Crippen LogP contribution in [0, 0.1) is 27.7 Å². The summed E-state index contributed by atoms with van der Waals surface area (Å²) in [5, 5.41) is 2.41. The summed E-state index contributed by atoms with van der Waals surface area (Å²) in [6.07, 6.45) is 0. The van der Waals surface area contributed by atoms with Crippen molar-refractivity contribution in [3.63, 3.8) is 0 Å². The van der Waals surface area contributed by atoms with Crippen LogP contribution in [0.4, 0.5) is 0 Å². The van der Waals surface area contributed by atoms with Gasteiger partial charge in [0, 0.05) is 27.3 Å². The van der Waals surface area contributed by atoms with Crippen LogP contribution in [0.2, 0.25) is 0 Å². The van der Waals surface area contributed by atoms with Gasteiger partial charge in [-0.2, -0.15) is 0 Å². The molecule has 1 aliphatic rings. The van der Waals surface area contributed by atoms with Gasteiger partial charge in [0.25, 0.3) is 0 Å². The standard InChI is InChI=1S/C34H36BNO2/c1-20-11-9-12-21(2)30(20)24-15-16-29-26(17-24)27-18-25(31-22(3)13-10-14-23(31)4)19-28(32(27)36-29)35-37-33(5,6)34(7,8)38-35/h9-19,36H,1-8H3. The van der Waals surface area contributed by atoms with Crippen LogP contribution in [-0.2, 0) is 9.31 Å². The molecular formula is C34H36BNO2. The molecule has 1 aromatic heterocycles. The number of nitrogens with one attached hydrogen (secondary N) is 1. The molecule has 1 N–H and O–H groups in total. The van der Waals surface area contributed by atoms with E-state index >= 15 is 0 Å². The third-order valence-corrected chi connectivity index (χ3v) is 8.79. The van der Waals surface area contributed by atoms with Gasteiger partial charge in [-0.25, -0.2) is 0 Å². The molecule has 6 rings (SSSR count). The smallest absolute Gasteiger partial charge is 0.399 e. The number of fused-ring (bicyclic) bond motifs is 3. The Labute approximate surface area is 226 Å². The molecule has 4 aromatic carbocycles. The number of aromatic nitrogens is 1. The summed E-state index contributed by atoms with van der Waals surface area (Å²) >= 11 is 0. The molecule has 0 radical (unpaired) electrons. The van der Waals surface area contributed by atoms with Crippen LogP contribution in [0.25, 0.3) is 44.1 Å². The van der Waals surface area contributed by atoms with Gasteiger partial charge in [0.1, 0.15) is 0 Å². The second kappa shape index (κ2) is 8.59. The lowest BCUT2D eigenvalue weighted by Crippen LogP contribution is -2.41. The van der Waals surface area contributed by atoms with Gasteiger partial charge < -0.3 is 14.3 Å². The van der Waals surface area contributed by atoms with Gasteiger partial charge >= 0.3 is 7.12 Å². The molecule has 5 aromatic rings. The average molecular weight is 501 g/mol. The van der Waals surface area contributed by atoms with Gasteiger partial charge in [0.15, 0.2) is 0 Å². The predicted molar refractivity (Wildman–Crippen MR) is 161 cm³/mol. The molecule has 0 aliphatic carbocycles. The van der Waals surface area contributed by atoms with E-state index in [1.165, 1.54) is 55.3 Å². The maximum atomic E-state index is 6.59. The summed E-state index contributed by atoms with van der Waals surface area (Å²) in [6.45, 7) is 17.2. The van der Waals surface area contributed by atoms with Crippen molar-refractivity contribution in [3.8, 4) is 22.3 Å². The summed E-state index contributed by atoms with van der Waals surface area (Å²) in [5.74, 6) is 0. The van der Waals surface area contributed by atoms with Crippen LogP contribution in [0.5, 0.6) is 0 Å². The minimum Gasteiger partial charge on any atom is -0.399 e. The minimum absolute atomic E-state index is 0.417. The van der Waals surface area contributed by atoms with Crippen molar-refractivity contribution in [1.82, 2.24) is 4.98 Å². The van der Waals surface area contributed by atoms with Gasteiger partial charge in [-0.1, -0.05) is 48.5 Å². The first-order chi connectivity index (χ1) is 18.0. The highest BCUT2D eigenvalue weighted by Crippen LogP contribution is 2.40. The number of rotatable bonds is 3. The average Bonchev–Trinajstić information content (AvgIpc) is 3.31. The van der Waals surface area contributed by atoms with E-state index in [4.69, 9.17) is 9.31 Å². The zero-order valence-corrected chi connectivity index (χ0v) is 23.7. The molecule has 0 amide bonds. The fourth-order valence-electron chi connectivity index (χ4n) is 6.02. The quantitative estimate of drug-likeness (QED) is 0.253. The Bertz CT molecular complexity index is 1670. The second-order valence-electron chi connectivity index (χ2n) is 12.0. The lowest BCUT2D eigenvalue weighted by molar-refractivity contribution is 0.00578. The van der Waals surface area contributed by atoms with E-state index in [9.17, 15) is 0 Å². The Morgan fingerprint density at radius 1 is 0.605 bits per heavy atom. The van der Waals surface area contributed by atoms with E-state index in [0.717, 1.165) is 16.5 Å². The first-order valence-electron chi connectivity index (χ1n) is 13.5. The molecule has 1 saturated heterocycles. The Morgan fingerprint density at radius 3 is 1.66 bits per heavy atom. The molecule has 0 atom stereocenters. The molecule has 3 nitrogen and oxygen atoms in total. The van der Waals surface area contributed by atoms with E-state index in [0.29, 0.717) is 0 Å². The molecule has 38 heavy (non-hydrogen) atoms. The highest BCUT2D eigenvalue weighted by atomic mass is 16.7. The molecule has 0 bridgehead atoms. The number of aryl methyl sites for hydroxylation is 4. The van der Waals surface area contributed by atoms with E-state index in [1.807, 2.05) is 0 Å². The minimum atomic E-state index is -0.460. The van der Waals surface area contributed by atoms with Crippen LogP contribution in [0.15, 0.2) is 66.7 Å². The number of hydrogen-bond donors (Lipinski definition) is 1. The summed E-state index contributed by atoms with van der Waals surface area (Å²) < 4.78 is 13.2. The molecule has 4 heteroatoms. The third kappa shape index (κ3) is 3.81. The van der Waals surface area contributed by atoms with E-state index in [1.54, 1.807) is 0 Å². The van der Waals surface area contributed by atoms with E-state index in [2.05, 4.69) is 127 Å². The molecule has 0 saturated carbocycles. The molecule has 0 spiro atoms. The van der Waals surface area contributed by atoms with Crippen molar-refractivity contribution in [2.45, 2.75) is 66.6 Å². The first kappa shape index (κ1) is 25.0. The number of hydrogen-bond acceptors (Lipinski definition) is 2. The maximum absolute atomic E-state index is 6.59. The number of aromatic amines is 1. The van der Waals surface area contributed by atoms with Gasteiger partial charge in [0.2, 0.25) is 0 Å². The summed E-state index contributed by atoms with van der Waals surface area (Å²) in [7, 11) is -0.460. The summed E-state index contributed by atoms with van der Waals surface area (Å²) in [6, 6.07) is 24.4. The van der Waals surface area contributed by atoms with Crippen molar-refractivity contribution in [1.29, 1.82) is 0 Å². The van der Waals surface area contributed by atoms with Gasteiger partial charge in [-0.15, -0.1) is 0 Å². The molecule has 2 heterocycles. The van der Waals surface area contributed by atoms with Crippen LogP contribution in [-0.4, -0.2) is 23.3 Å². The number of H-pyrrole nitrogens is 1. The molecule has 0 unspecified atom stereocenters. The first-order valence-corrected chi connectivity index (χ1v) is 13.5. The summed E-state index contributed by atoms with van der Waals surface area (Å²) in [5.41, 5.74) is 12.5. The fourth-order valence-corrected chi connectivity index (χ4v) is 6.02. The second-order valence-corrected chi connectivity index (χ2v) is 12.0. The van der Waals surface area contributed by atoms with Crippen molar-refractivity contribution < 1.29 is 9.31 Å². The predicted octanol–water partition coefficient (Wildman–Crippen LogP) is 8.19. The molecular weight excluding hydrogens is 465 g/mol. The van der Waals surface area contributed by atoms with E-state index < -0.39 is 18.3 Å². The highest BCUT2D eigenvalue weighted by molar-refractivity contribution is 6.65. The zero-order chi connectivity index (χ0) is 27.0. The molecule has 1 fully saturated rings. The molecule has 1 aliphatic heterocycles. The largest absolute Gasteiger partial charge is 0.497 e. The SMILES string of the molecule is Cc1cccc(C)c1-c1ccc2[nH]c3c(B4OC(C)(C)C(C)(C)O4)cc(-c4c(C)cccc4C)cc3c2c1. The molecule has 192 valence electrons. The fraction of sp³-hybridized carbons (Fsp3) is 0.294. The summed E-state index contributed by atoms with van der Waals surface area (Å²) in [4.78, 5) is 3.73. The van der Waals surface area contributed by atoms with Crippen LogP contribution in [0.1, 0.15) is 49.9 Å². The van der Waals surface area contributed by atoms with Crippen LogP contribution in [0.3, 0.4) is 0 Å². The van der Waals surface area contributed by atoms with Crippen molar-refractivity contribution >= 4 is 34.4 Å². The van der Waals surface area contributed by atoms with Gasteiger partial charge in [-0.3, -0.25) is 0 Å². The zero-order valence-electron chi connectivity index (χ0n) is 23.7. The maximum Gasteiger partial charge on any atom is 0.497 e. The topological polar surface area (TPSA) is 34.2 Å². The van der Waals surface area contributed by atoms with Crippen molar-refractivity contribution in [2.75, 3.05) is 0 Å². The lowest BCUT2D eigenvalue weighted by Gasteiger charge is -2.32. The van der Waals surface area contributed by atoms with Crippen molar-refractivity contribution in [3.05, 3.63) is 89.0 Å². The van der Waals surface area contributed by atoms with Gasteiger partial charge in [-0.05, 0) is 118 Å². The van der Waals surface area contributed by atoms with Crippen molar-refractivity contribution in [2.24, 2.45) is 0 Å². The van der Waals surface area contributed by atoms with Crippen LogP contribution >= 0.6 is 0 Å². The van der Waals surface area contributed by atoms with E-state index in [-0.39, 0.29) is 0 Å². The normalized spacial score (nSPS) is 16.6.